The van der Waals surface area contributed by atoms with Gasteiger partial charge < -0.3 is 24.4 Å². The lowest BCUT2D eigenvalue weighted by atomic mass is 10.1. The zero-order valence-corrected chi connectivity index (χ0v) is 20.7. The van der Waals surface area contributed by atoms with Gasteiger partial charge in [0, 0.05) is 50.7 Å². The number of nitrogens with one attached hydrogen (secondary N) is 1. The number of rotatable bonds is 9. The van der Waals surface area contributed by atoms with Crippen molar-refractivity contribution in [1.82, 2.24) is 15.2 Å². The lowest BCUT2D eigenvalue weighted by Gasteiger charge is -2.40. The Morgan fingerprint density at radius 1 is 1.00 bits per heavy atom. The maximum absolute atomic E-state index is 14.3. The number of para-hydroxylation sites is 1. The van der Waals surface area contributed by atoms with Gasteiger partial charge >= 0.3 is 0 Å². The lowest BCUT2D eigenvalue weighted by molar-refractivity contribution is 0.0929. The second-order valence-electron chi connectivity index (χ2n) is 8.40. The molecule has 3 aromatic rings. The smallest absolute Gasteiger partial charge is 0.251 e. The van der Waals surface area contributed by atoms with Crippen molar-refractivity contribution in [2.75, 3.05) is 59.0 Å². The highest BCUT2D eigenvalue weighted by Gasteiger charge is 2.27. The number of pyridine rings is 1. The van der Waals surface area contributed by atoms with Gasteiger partial charge in [0.2, 0.25) is 5.75 Å². The minimum atomic E-state index is -0.256. The first-order chi connectivity index (χ1) is 17.5. The summed E-state index contributed by atoms with van der Waals surface area (Å²) in [6, 6.07) is 13.9. The van der Waals surface area contributed by atoms with Crippen molar-refractivity contribution in [3.8, 4) is 17.2 Å². The van der Waals surface area contributed by atoms with Crippen molar-refractivity contribution in [3.63, 3.8) is 0 Å². The molecule has 1 saturated heterocycles. The van der Waals surface area contributed by atoms with E-state index in [0.717, 1.165) is 5.56 Å². The molecule has 0 spiro atoms. The van der Waals surface area contributed by atoms with Gasteiger partial charge in [-0.3, -0.25) is 14.7 Å². The van der Waals surface area contributed by atoms with Crippen molar-refractivity contribution in [1.29, 1.82) is 0 Å². The predicted molar refractivity (Wildman–Crippen MR) is 136 cm³/mol. The van der Waals surface area contributed by atoms with Crippen LogP contribution >= 0.6 is 0 Å². The molecule has 4 rings (SSSR count). The summed E-state index contributed by atoms with van der Waals surface area (Å²) in [5.41, 5.74) is 2.02. The molecule has 1 aliphatic heterocycles. The highest BCUT2D eigenvalue weighted by Crippen LogP contribution is 2.38. The van der Waals surface area contributed by atoms with Crippen LogP contribution in [0.15, 0.2) is 60.9 Å². The van der Waals surface area contributed by atoms with E-state index in [1.54, 1.807) is 30.5 Å². The van der Waals surface area contributed by atoms with Crippen molar-refractivity contribution in [2.24, 2.45) is 0 Å². The summed E-state index contributed by atoms with van der Waals surface area (Å²) >= 11 is 0. The maximum atomic E-state index is 14.3. The monoisotopic (exact) mass is 494 g/mol. The molecular formula is C27H31FN4O4. The van der Waals surface area contributed by atoms with Crippen molar-refractivity contribution < 1.29 is 23.4 Å². The fraction of sp³-hybridized carbons (Fsp3) is 0.333. The Morgan fingerprint density at radius 2 is 1.69 bits per heavy atom. The number of aromatic nitrogens is 1. The summed E-state index contributed by atoms with van der Waals surface area (Å²) in [5, 5.41) is 3.05. The van der Waals surface area contributed by atoms with Gasteiger partial charge in [0.25, 0.3) is 5.91 Å². The second-order valence-corrected chi connectivity index (χ2v) is 8.40. The van der Waals surface area contributed by atoms with Gasteiger partial charge in [0.15, 0.2) is 11.5 Å². The number of nitrogens with zero attached hydrogens (tertiary/aromatic N) is 3. The molecule has 0 saturated carbocycles. The third-order valence-electron chi connectivity index (χ3n) is 6.40. The lowest BCUT2D eigenvalue weighted by Crippen LogP contribution is -2.50. The normalized spacial score (nSPS) is 14.7. The van der Waals surface area contributed by atoms with E-state index < -0.39 is 0 Å². The quantitative estimate of drug-likeness (QED) is 0.488. The van der Waals surface area contributed by atoms with Gasteiger partial charge in [0.05, 0.1) is 33.1 Å². The molecule has 1 fully saturated rings. The van der Waals surface area contributed by atoms with Gasteiger partial charge in [0.1, 0.15) is 5.82 Å². The van der Waals surface area contributed by atoms with E-state index in [1.165, 1.54) is 27.4 Å². The van der Waals surface area contributed by atoms with E-state index in [9.17, 15) is 9.18 Å². The second kappa shape index (κ2) is 11.7. The van der Waals surface area contributed by atoms with Gasteiger partial charge in [-0.25, -0.2) is 4.39 Å². The van der Waals surface area contributed by atoms with Gasteiger partial charge in [-0.05, 0) is 35.9 Å². The Hall–Kier alpha value is -3.85. The number of hydrogen-bond acceptors (Lipinski definition) is 7. The molecule has 1 aromatic heterocycles. The number of carbonyl (C=O) groups is 1. The summed E-state index contributed by atoms with van der Waals surface area (Å²) in [4.78, 5) is 21.8. The van der Waals surface area contributed by atoms with Crippen LogP contribution < -0.4 is 24.4 Å². The summed E-state index contributed by atoms with van der Waals surface area (Å²) < 4.78 is 30.4. The van der Waals surface area contributed by atoms with Crippen LogP contribution in [0.5, 0.6) is 17.2 Å². The van der Waals surface area contributed by atoms with Crippen LogP contribution in [0.1, 0.15) is 22.0 Å². The van der Waals surface area contributed by atoms with Crippen LogP contribution in [-0.4, -0.2) is 69.8 Å². The largest absolute Gasteiger partial charge is 0.493 e. The number of piperazine rings is 1. The van der Waals surface area contributed by atoms with Crippen molar-refractivity contribution >= 4 is 11.6 Å². The minimum absolute atomic E-state index is 0.0903. The molecule has 1 N–H and O–H groups in total. The number of benzene rings is 2. The van der Waals surface area contributed by atoms with Crippen LogP contribution in [0.3, 0.4) is 0 Å². The first-order valence-electron chi connectivity index (χ1n) is 11.8. The zero-order valence-electron chi connectivity index (χ0n) is 20.7. The first kappa shape index (κ1) is 25.2. The molecule has 2 heterocycles. The van der Waals surface area contributed by atoms with Crippen LogP contribution in [0.4, 0.5) is 10.1 Å². The van der Waals surface area contributed by atoms with Crippen molar-refractivity contribution in [2.45, 2.75) is 6.04 Å². The summed E-state index contributed by atoms with van der Waals surface area (Å²) in [6.07, 6.45) is 3.55. The Kier molecular flexibility index (Phi) is 8.22. The fourth-order valence-electron chi connectivity index (χ4n) is 4.52. The van der Waals surface area contributed by atoms with Gasteiger partial charge in [-0.1, -0.05) is 18.2 Å². The van der Waals surface area contributed by atoms with E-state index in [-0.39, 0.29) is 17.8 Å². The van der Waals surface area contributed by atoms with E-state index >= 15 is 0 Å². The van der Waals surface area contributed by atoms with E-state index in [0.29, 0.717) is 61.2 Å². The topological polar surface area (TPSA) is 76.2 Å². The predicted octanol–water partition coefficient (Wildman–Crippen LogP) is 3.54. The summed E-state index contributed by atoms with van der Waals surface area (Å²) in [5.74, 6) is 0.781. The van der Waals surface area contributed by atoms with Crippen LogP contribution in [-0.2, 0) is 0 Å². The Bertz CT molecular complexity index is 1140. The molecule has 1 amide bonds. The van der Waals surface area contributed by atoms with Crippen LogP contribution in [0.2, 0.25) is 0 Å². The molecule has 8 nitrogen and oxygen atoms in total. The Balaban J connectivity index is 1.49. The van der Waals surface area contributed by atoms with E-state index in [4.69, 9.17) is 14.2 Å². The van der Waals surface area contributed by atoms with Crippen LogP contribution in [0.25, 0.3) is 0 Å². The first-order valence-corrected chi connectivity index (χ1v) is 11.8. The number of hydrogen-bond donors (Lipinski definition) is 1. The minimum Gasteiger partial charge on any atom is -0.493 e. The van der Waals surface area contributed by atoms with E-state index in [1.807, 2.05) is 24.4 Å². The Labute approximate surface area is 210 Å². The summed E-state index contributed by atoms with van der Waals surface area (Å²) in [7, 11) is 4.54. The molecule has 2 aromatic carbocycles. The average Bonchev–Trinajstić information content (AvgIpc) is 2.93. The molecular weight excluding hydrogens is 463 g/mol. The molecule has 0 aliphatic carbocycles. The molecule has 0 radical (unpaired) electrons. The number of ether oxygens (including phenoxy) is 3. The van der Waals surface area contributed by atoms with Gasteiger partial charge in [-0.2, -0.15) is 0 Å². The number of halogens is 1. The van der Waals surface area contributed by atoms with Crippen LogP contribution in [0, 0.1) is 5.82 Å². The molecule has 0 bridgehead atoms. The molecule has 1 atom stereocenters. The molecule has 190 valence electrons. The third kappa shape index (κ3) is 5.52. The highest BCUT2D eigenvalue weighted by atomic mass is 19.1. The third-order valence-corrected chi connectivity index (χ3v) is 6.40. The van der Waals surface area contributed by atoms with E-state index in [2.05, 4.69) is 20.1 Å². The van der Waals surface area contributed by atoms with Gasteiger partial charge in [-0.15, -0.1) is 0 Å². The standard InChI is InChI=1S/C27H31FN4O4/c1-34-24-15-20(16-25(35-2)26(24)36-3)27(33)30-18-23(19-7-6-10-29-17-19)32-13-11-31(12-14-32)22-9-5-4-8-21(22)28/h4-10,15-17,23H,11-14,18H2,1-3H3,(H,30,33). The number of methoxy groups -OCH3 is 3. The Morgan fingerprint density at radius 3 is 2.28 bits per heavy atom. The molecule has 1 aliphatic rings. The fourth-order valence-corrected chi connectivity index (χ4v) is 4.52. The highest BCUT2D eigenvalue weighted by molar-refractivity contribution is 5.95. The summed E-state index contributed by atoms with van der Waals surface area (Å²) in [6.45, 7) is 3.17. The average molecular weight is 495 g/mol. The zero-order chi connectivity index (χ0) is 25.5. The molecule has 1 unspecified atom stereocenters. The maximum Gasteiger partial charge on any atom is 0.251 e. The SMILES string of the molecule is COc1cc(C(=O)NCC(c2cccnc2)N2CCN(c3ccccc3F)CC2)cc(OC)c1OC. The van der Waals surface area contributed by atoms with Crippen molar-refractivity contribution in [3.05, 3.63) is 77.9 Å². The molecule has 9 heteroatoms. The number of carbonyl (C=O) groups excluding carboxylic acids is 1. The number of amides is 1. The number of anilines is 1. The molecule has 36 heavy (non-hydrogen) atoms.